The normalized spacial score (nSPS) is 15.1. The van der Waals surface area contributed by atoms with Crippen molar-refractivity contribution in [3.8, 4) is 5.75 Å². The Hall–Kier alpha value is -1.45. The number of aryl methyl sites for hydroxylation is 1. The summed E-state index contributed by atoms with van der Waals surface area (Å²) < 4.78 is 11.1. The molecule has 0 amide bonds. The summed E-state index contributed by atoms with van der Waals surface area (Å²) in [5, 5.41) is 0.739. The van der Waals surface area contributed by atoms with Crippen LogP contribution in [0.5, 0.6) is 5.75 Å². The molecule has 0 bridgehead atoms. The van der Waals surface area contributed by atoms with Gasteiger partial charge in [-0.3, -0.25) is 0 Å². The highest BCUT2D eigenvalue weighted by molar-refractivity contribution is 6.30. The number of ether oxygens (including phenoxy) is 1. The number of halogens is 1. The minimum absolute atomic E-state index is 0.179. The van der Waals surface area contributed by atoms with Crippen molar-refractivity contribution in [1.29, 1.82) is 0 Å². The van der Waals surface area contributed by atoms with Crippen LogP contribution >= 0.6 is 11.6 Å². The fourth-order valence-electron chi connectivity index (χ4n) is 2.59. The average molecular weight is 278 g/mol. The van der Waals surface area contributed by atoms with Gasteiger partial charge in [0, 0.05) is 11.4 Å². The number of hydrogen-bond donors (Lipinski definition) is 1. The van der Waals surface area contributed by atoms with Gasteiger partial charge < -0.3 is 14.9 Å². The minimum Gasteiger partial charge on any atom is -0.493 e. The molecule has 2 N–H and O–H groups in total. The van der Waals surface area contributed by atoms with Crippen LogP contribution in [-0.4, -0.2) is 6.61 Å². The molecular weight excluding hydrogens is 262 g/mol. The fraction of sp³-hybridized carbons (Fsp3) is 0.333. The molecule has 3 nitrogen and oxygen atoms in total. The first-order valence-corrected chi connectivity index (χ1v) is 6.76. The first kappa shape index (κ1) is 12.6. The van der Waals surface area contributed by atoms with Crippen molar-refractivity contribution >= 4 is 11.6 Å². The van der Waals surface area contributed by atoms with Gasteiger partial charge in [0.05, 0.1) is 18.9 Å². The number of benzene rings is 1. The van der Waals surface area contributed by atoms with Crippen LogP contribution in [0.3, 0.4) is 0 Å². The topological polar surface area (TPSA) is 48.4 Å². The Morgan fingerprint density at radius 1 is 1.42 bits per heavy atom. The zero-order valence-electron chi connectivity index (χ0n) is 10.8. The molecule has 100 valence electrons. The second-order valence-electron chi connectivity index (χ2n) is 4.93. The molecule has 0 saturated heterocycles. The number of fused-ring (bicyclic) bond motifs is 1. The maximum atomic E-state index is 6.22. The molecule has 1 atom stereocenters. The van der Waals surface area contributed by atoms with Crippen molar-refractivity contribution in [3.63, 3.8) is 0 Å². The molecule has 3 rings (SSSR count). The molecule has 0 saturated carbocycles. The Balaban J connectivity index is 1.90. The molecule has 1 aliphatic rings. The SMILES string of the molecule is Cc1ccoc1C(N)Cc1cc(Cl)cc2c1OCC2. The summed E-state index contributed by atoms with van der Waals surface area (Å²) in [6, 6.07) is 5.65. The smallest absolute Gasteiger partial charge is 0.125 e. The van der Waals surface area contributed by atoms with E-state index in [2.05, 4.69) is 0 Å². The van der Waals surface area contributed by atoms with Gasteiger partial charge in [0.1, 0.15) is 11.5 Å². The third-order valence-electron chi connectivity index (χ3n) is 3.50. The van der Waals surface area contributed by atoms with Gasteiger partial charge in [-0.15, -0.1) is 0 Å². The average Bonchev–Trinajstić information content (AvgIpc) is 2.97. The molecule has 4 heteroatoms. The quantitative estimate of drug-likeness (QED) is 0.935. The lowest BCUT2D eigenvalue weighted by Gasteiger charge is -2.13. The van der Waals surface area contributed by atoms with E-state index in [1.807, 2.05) is 25.1 Å². The zero-order chi connectivity index (χ0) is 13.4. The van der Waals surface area contributed by atoms with Crippen molar-refractivity contribution in [3.05, 3.63) is 51.9 Å². The minimum atomic E-state index is -0.179. The highest BCUT2D eigenvalue weighted by atomic mass is 35.5. The van der Waals surface area contributed by atoms with E-state index >= 15 is 0 Å². The number of furan rings is 1. The summed E-state index contributed by atoms with van der Waals surface area (Å²) in [6.07, 6.45) is 3.25. The van der Waals surface area contributed by atoms with Crippen molar-refractivity contribution in [2.24, 2.45) is 5.73 Å². The van der Waals surface area contributed by atoms with Gasteiger partial charge in [-0.2, -0.15) is 0 Å². The fourth-order valence-corrected chi connectivity index (χ4v) is 2.85. The van der Waals surface area contributed by atoms with Gasteiger partial charge in [-0.1, -0.05) is 11.6 Å². The van der Waals surface area contributed by atoms with Crippen LogP contribution in [0.4, 0.5) is 0 Å². The largest absolute Gasteiger partial charge is 0.493 e. The van der Waals surface area contributed by atoms with Gasteiger partial charge in [0.15, 0.2) is 0 Å². The van der Waals surface area contributed by atoms with Crippen molar-refractivity contribution in [2.45, 2.75) is 25.8 Å². The Labute approximate surface area is 117 Å². The molecule has 1 aromatic heterocycles. The van der Waals surface area contributed by atoms with Gasteiger partial charge in [-0.05, 0) is 48.2 Å². The number of hydrogen-bond acceptors (Lipinski definition) is 3. The predicted molar refractivity (Wildman–Crippen MR) is 74.7 cm³/mol. The highest BCUT2D eigenvalue weighted by Gasteiger charge is 2.21. The lowest BCUT2D eigenvalue weighted by Crippen LogP contribution is -2.14. The molecular formula is C15H16ClNO2. The third-order valence-corrected chi connectivity index (χ3v) is 3.72. The molecule has 19 heavy (non-hydrogen) atoms. The summed E-state index contributed by atoms with van der Waals surface area (Å²) in [6.45, 7) is 2.72. The summed E-state index contributed by atoms with van der Waals surface area (Å²) in [7, 11) is 0. The first-order valence-electron chi connectivity index (χ1n) is 6.39. The van der Waals surface area contributed by atoms with Crippen molar-refractivity contribution in [2.75, 3.05) is 6.61 Å². The van der Waals surface area contributed by atoms with Crippen molar-refractivity contribution in [1.82, 2.24) is 0 Å². The van der Waals surface area contributed by atoms with Crippen LogP contribution in [0.25, 0.3) is 0 Å². The van der Waals surface area contributed by atoms with E-state index in [0.717, 1.165) is 40.7 Å². The monoisotopic (exact) mass is 277 g/mol. The molecule has 2 aromatic rings. The predicted octanol–water partition coefficient (Wildman–Crippen LogP) is 3.42. The Morgan fingerprint density at radius 3 is 3.00 bits per heavy atom. The molecule has 2 heterocycles. The van der Waals surface area contributed by atoms with E-state index in [9.17, 15) is 0 Å². The zero-order valence-corrected chi connectivity index (χ0v) is 11.5. The van der Waals surface area contributed by atoms with E-state index in [1.165, 1.54) is 5.56 Å². The van der Waals surface area contributed by atoms with Gasteiger partial charge in [0.2, 0.25) is 0 Å². The van der Waals surface area contributed by atoms with E-state index in [4.69, 9.17) is 26.5 Å². The van der Waals surface area contributed by atoms with E-state index in [1.54, 1.807) is 6.26 Å². The van der Waals surface area contributed by atoms with Crippen LogP contribution < -0.4 is 10.5 Å². The molecule has 0 aliphatic carbocycles. The van der Waals surface area contributed by atoms with Gasteiger partial charge in [-0.25, -0.2) is 0 Å². The second kappa shape index (κ2) is 4.91. The number of rotatable bonds is 3. The van der Waals surface area contributed by atoms with E-state index in [0.29, 0.717) is 6.42 Å². The molecule has 0 fully saturated rings. The summed E-state index contributed by atoms with van der Waals surface area (Å²) in [5.41, 5.74) is 9.53. The van der Waals surface area contributed by atoms with E-state index in [-0.39, 0.29) is 6.04 Å². The van der Waals surface area contributed by atoms with Crippen molar-refractivity contribution < 1.29 is 9.15 Å². The summed E-state index contributed by atoms with van der Waals surface area (Å²) >= 11 is 6.15. The highest BCUT2D eigenvalue weighted by Crippen LogP contribution is 2.35. The summed E-state index contributed by atoms with van der Waals surface area (Å²) in [5.74, 6) is 1.77. The van der Waals surface area contributed by atoms with Crippen LogP contribution in [-0.2, 0) is 12.8 Å². The second-order valence-corrected chi connectivity index (χ2v) is 5.37. The Morgan fingerprint density at radius 2 is 2.26 bits per heavy atom. The molecule has 0 spiro atoms. The lowest BCUT2D eigenvalue weighted by atomic mass is 9.99. The standard InChI is InChI=1S/C15H16ClNO2/c1-9-2-4-18-14(9)13(17)8-11-7-12(16)6-10-3-5-19-15(10)11/h2,4,6-7,13H,3,5,8,17H2,1H3. The first-order chi connectivity index (χ1) is 9.15. The van der Waals surface area contributed by atoms with E-state index < -0.39 is 0 Å². The molecule has 1 aliphatic heterocycles. The Kier molecular flexibility index (Phi) is 3.25. The molecule has 1 unspecified atom stereocenters. The third kappa shape index (κ3) is 2.36. The van der Waals surface area contributed by atoms with Crippen LogP contribution in [0.15, 0.2) is 28.9 Å². The van der Waals surface area contributed by atoms with Gasteiger partial charge >= 0.3 is 0 Å². The van der Waals surface area contributed by atoms with Crippen LogP contribution in [0.1, 0.15) is 28.5 Å². The Bertz CT molecular complexity index is 606. The maximum absolute atomic E-state index is 6.22. The van der Waals surface area contributed by atoms with Crippen LogP contribution in [0, 0.1) is 6.92 Å². The van der Waals surface area contributed by atoms with Crippen LogP contribution in [0.2, 0.25) is 5.02 Å². The summed E-state index contributed by atoms with van der Waals surface area (Å²) in [4.78, 5) is 0. The van der Waals surface area contributed by atoms with Gasteiger partial charge in [0.25, 0.3) is 0 Å². The number of nitrogens with two attached hydrogens (primary N) is 1. The maximum Gasteiger partial charge on any atom is 0.125 e. The lowest BCUT2D eigenvalue weighted by molar-refractivity contribution is 0.351. The molecule has 1 aromatic carbocycles. The molecule has 0 radical (unpaired) electrons.